The first-order valence-electron chi connectivity index (χ1n) is 6.65. The zero-order chi connectivity index (χ0) is 14.0. The molecule has 0 saturated carbocycles. The van der Waals surface area contributed by atoms with Gasteiger partial charge in [0, 0.05) is 18.8 Å². The van der Waals surface area contributed by atoms with Crippen LogP contribution in [0.5, 0.6) is 0 Å². The number of rotatable bonds is 2. The summed E-state index contributed by atoms with van der Waals surface area (Å²) in [5, 5.41) is 0. The van der Waals surface area contributed by atoms with Crippen LogP contribution in [0, 0.1) is 5.92 Å². The predicted molar refractivity (Wildman–Crippen MR) is 75.2 cm³/mol. The largest absolute Gasteiger partial charge is 0.465 e. The van der Waals surface area contributed by atoms with E-state index in [9.17, 15) is 4.79 Å². The number of nitrogens with zero attached hydrogens (tertiary/aromatic N) is 2. The Morgan fingerprint density at radius 2 is 2.26 bits per heavy atom. The van der Waals surface area contributed by atoms with Gasteiger partial charge in [0.25, 0.3) is 0 Å². The normalized spacial score (nSPS) is 23.2. The molecule has 5 heteroatoms. The molecular formula is C14H21N3O2. The molecule has 2 atom stereocenters. The van der Waals surface area contributed by atoms with E-state index >= 15 is 0 Å². The van der Waals surface area contributed by atoms with Crippen LogP contribution in [-0.2, 0) is 4.74 Å². The second kappa shape index (κ2) is 5.47. The van der Waals surface area contributed by atoms with Crippen LogP contribution in [0.2, 0.25) is 0 Å². The zero-order valence-electron chi connectivity index (χ0n) is 11.7. The fourth-order valence-electron chi connectivity index (χ4n) is 2.61. The van der Waals surface area contributed by atoms with E-state index in [0.717, 1.165) is 13.0 Å². The molecule has 2 N–H and O–H groups in total. The summed E-state index contributed by atoms with van der Waals surface area (Å²) in [6, 6.07) is 1.97. The van der Waals surface area contributed by atoms with Crippen molar-refractivity contribution in [3.05, 3.63) is 17.8 Å². The first-order valence-corrected chi connectivity index (χ1v) is 6.65. The summed E-state index contributed by atoms with van der Waals surface area (Å²) in [6.45, 7) is 5.33. The number of aromatic nitrogens is 1. The van der Waals surface area contributed by atoms with Crippen LogP contribution < -0.4 is 10.6 Å². The molecule has 1 fully saturated rings. The van der Waals surface area contributed by atoms with Gasteiger partial charge in [-0.05, 0) is 31.7 Å². The van der Waals surface area contributed by atoms with Crippen LogP contribution in [0.3, 0.4) is 0 Å². The average Bonchev–Trinajstić information content (AvgIpc) is 2.42. The molecule has 104 valence electrons. The number of nitrogen functional groups attached to an aromatic ring is 1. The molecule has 0 amide bonds. The molecule has 1 aliphatic rings. The Kier molecular flexibility index (Phi) is 3.93. The highest BCUT2D eigenvalue weighted by Gasteiger charge is 2.28. The Morgan fingerprint density at radius 1 is 1.53 bits per heavy atom. The number of methoxy groups -OCH3 is 1. The number of carbonyl (C=O) groups is 1. The number of carbonyl (C=O) groups excluding carboxylic acids is 1. The molecule has 1 aromatic rings. The highest BCUT2D eigenvalue weighted by atomic mass is 16.5. The highest BCUT2D eigenvalue weighted by Crippen LogP contribution is 2.32. The molecule has 0 spiro atoms. The van der Waals surface area contributed by atoms with E-state index in [0.29, 0.717) is 29.0 Å². The Balaban J connectivity index is 2.37. The topological polar surface area (TPSA) is 68.5 Å². The first kappa shape index (κ1) is 13.6. The lowest BCUT2D eigenvalue weighted by Crippen LogP contribution is -2.43. The summed E-state index contributed by atoms with van der Waals surface area (Å²) in [5.74, 6) is 0.873. The molecular weight excluding hydrogens is 242 g/mol. The van der Waals surface area contributed by atoms with E-state index in [-0.39, 0.29) is 0 Å². The zero-order valence-corrected chi connectivity index (χ0v) is 11.7. The SMILES string of the molecule is COC(=O)c1ccnc(N2CCCC(C)C2C)c1N. The predicted octanol–water partition coefficient (Wildman–Crippen LogP) is 2.08. The Morgan fingerprint density at radius 3 is 2.95 bits per heavy atom. The van der Waals surface area contributed by atoms with Gasteiger partial charge >= 0.3 is 5.97 Å². The molecule has 0 aliphatic carbocycles. The monoisotopic (exact) mass is 263 g/mol. The summed E-state index contributed by atoms with van der Waals surface area (Å²) in [7, 11) is 1.35. The quantitative estimate of drug-likeness (QED) is 0.827. The maximum Gasteiger partial charge on any atom is 0.340 e. The second-order valence-electron chi connectivity index (χ2n) is 5.14. The Bertz CT molecular complexity index is 476. The number of esters is 1. The van der Waals surface area contributed by atoms with Crippen molar-refractivity contribution in [2.45, 2.75) is 32.7 Å². The van der Waals surface area contributed by atoms with Crippen molar-refractivity contribution in [1.82, 2.24) is 4.98 Å². The molecule has 0 radical (unpaired) electrons. The molecule has 1 aromatic heterocycles. The lowest BCUT2D eigenvalue weighted by molar-refractivity contribution is 0.0602. The number of ether oxygens (including phenoxy) is 1. The molecule has 2 rings (SSSR count). The maximum atomic E-state index is 11.7. The number of anilines is 2. The van der Waals surface area contributed by atoms with E-state index in [4.69, 9.17) is 10.5 Å². The van der Waals surface area contributed by atoms with Crippen LogP contribution in [0.25, 0.3) is 0 Å². The van der Waals surface area contributed by atoms with Gasteiger partial charge in [-0.3, -0.25) is 0 Å². The van der Waals surface area contributed by atoms with Gasteiger partial charge in [0.05, 0.1) is 18.4 Å². The van der Waals surface area contributed by atoms with Gasteiger partial charge in [-0.2, -0.15) is 0 Å². The number of pyridine rings is 1. The van der Waals surface area contributed by atoms with Gasteiger partial charge < -0.3 is 15.4 Å². The molecule has 2 heterocycles. The van der Waals surface area contributed by atoms with Crippen LogP contribution in [0.15, 0.2) is 12.3 Å². The summed E-state index contributed by atoms with van der Waals surface area (Å²) >= 11 is 0. The van der Waals surface area contributed by atoms with Crippen LogP contribution in [0.4, 0.5) is 11.5 Å². The minimum absolute atomic E-state index is 0.372. The maximum absolute atomic E-state index is 11.7. The number of hydrogen-bond donors (Lipinski definition) is 1. The summed E-state index contributed by atoms with van der Waals surface area (Å²) < 4.78 is 4.74. The third kappa shape index (κ3) is 2.50. The number of hydrogen-bond acceptors (Lipinski definition) is 5. The van der Waals surface area contributed by atoms with Gasteiger partial charge in [-0.1, -0.05) is 6.92 Å². The van der Waals surface area contributed by atoms with E-state index in [1.165, 1.54) is 13.5 Å². The first-order chi connectivity index (χ1) is 9.06. The minimum atomic E-state index is -0.418. The van der Waals surface area contributed by atoms with E-state index < -0.39 is 5.97 Å². The third-order valence-electron chi connectivity index (χ3n) is 4.02. The molecule has 0 aromatic carbocycles. The van der Waals surface area contributed by atoms with Crippen LogP contribution >= 0.6 is 0 Å². The van der Waals surface area contributed by atoms with Crippen molar-refractivity contribution in [2.75, 3.05) is 24.3 Å². The van der Waals surface area contributed by atoms with Crippen LogP contribution in [0.1, 0.15) is 37.0 Å². The molecule has 5 nitrogen and oxygen atoms in total. The van der Waals surface area contributed by atoms with Crippen molar-refractivity contribution in [1.29, 1.82) is 0 Å². The minimum Gasteiger partial charge on any atom is -0.465 e. The number of nitrogens with two attached hydrogens (primary N) is 1. The van der Waals surface area contributed by atoms with Gasteiger partial charge in [-0.15, -0.1) is 0 Å². The van der Waals surface area contributed by atoms with Gasteiger partial charge in [0.15, 0.2) is 5.82 Å². The smallest absolute Gasteiger partial charge is 0.340 e. The Labute approximate surface area is 113 Å². The summed E-state index contributed by atoms with van der Waals surface area (Å²) in [6.07, 6.45) is 3.95. The van der Waals surface area contributed by atoms with E-state index in [1.54, 1.807) is 12.3 Å². The van der Waals surface area contributed by atoms with Crippen molar-refractivity contribution in [3.63, 3.8) is 0 Å². The Hall–Kier alpha value is -1.78. The van der Waals surface area contributed by atoms with Crippen molar-refractivity contribution in [2.24, 2.45) is 5.92 Å². The van der Waals surface area contributed by atoms with Crippen molar-refractivity contribution >= 4 is 17.5 Å². The van der Waals surface area contributed by atoms with E-state index in [2.05, 4.69) is 23.7 Å². The van der Waals surface area contributed by atoms with E-state index in [1.807, 2.05) is 0 Å². The van der Waals surface area contributed by atoms with Gasteiger partial charge in [0.1, 0.15) is 0 Å². The molecule has 1 saturated heterocycles. The van der Waals surface area contributed by atoms with Crippen molar-refractivity contribution in [3.8, 4) is 0 Å². The number of piperidine rings is 1. The van der Waals surface area contributed by atoms with Crippen molar-refractivity contribution < 1.29 is 9.53 Å². The standard InChI is InChI=1S/C14H21N3O2/c1-9-5-4-8-17(10(9)2)13-12(15)11(6-7-16-13)14(18)19-3/h6-7,9-10H,4-5,8,15H2,1-3H3. The third-order valence-corrected chi connectivity index (χ3v) is 4.02. The summed E-state index contributed by atoms with van der Waals surface area (Å²) in [4.78, 5) is 18.2. The van der Waals surface area contributed by atoms with Gasteiger partial charge in [0.2, 0.25) is 0 Å². The van der Waals surface area contributed by atoms with Crippen LogP contribution in [-0.4, -0.2) is 30.6 Å². The molecule has 0 bridgehead atoms. The fraction of sp³-hybridized carbons (Fsp3) is 0.571. The van der Waals surface area contributed by atoms with Gasteiger partial charge in [-0.25, -0.2) is 9.78 Å². The summed E-state index contributed by atoms with van der Waals surface area (Å²) in [5.41, 5.74) is 6.89. The lowest BCUT2D eigenvalue weighted by atomic mass is 9.92. The lowest BCUT2D eigenvalue weighted by Gasteiger charge is -2.39. The highest BCUT2D eigenvalue weighted by molar-refractivity contribution is 5.97. The average molecular weight is 263 g/mol. The molecule has 2 unspecified atom stereocenters. The molecule has 19 heavy (non-hydrogen) atoms. The fourth-order valence-corrected chi connectivity index (χ4v) is 2.61. The second-order valence-corrected chi connectivity index (χ2v) is 5.14. The molecule has 1 aliphatic heterocycles.